The molecule has 4 nitrogen and oxygen atoms in total. The number of ether oxygens (including phenoxy) is 2. The third-order valence-corrected chi connectivity index (χ3v) is 2.38. The lowest BCUT2D eigenvalue weighted by molar-refractivity contribution is 0.0912. The minimum Gasteiger partial charge on any atom is -0.488 e. The second kappa shape index (κ2) is 7.25. The summed E-state index contributed by atoms with van der Waals surface area (Å²) in [5.74, 6) is 0.892. The van der Waals surface area contributed by atoms with E-state index in [9.17, 15) is 0 Å². The van der Waals surface area contributed by atoms with E-state index in [1.165, 1.54) is 0 Å². The topological polar surface area (TPSA) is 43.4 Å². The van der Waals surface area contributed by atoms with Gasteiger partial charge in [-0.2, -0.15) is 0 Å². The number of rotatable bonds is 7. The zero-order chi connectivity index (χ0) is 12.7. The molecule has 17 heavy (non-hydrogen) atoms. The maximum Gasteiger partial charge on any atom is 0.127 e. The zero-order valence-corrected chi connectivity index (χ0v) is 11.1. The van der Waals surface area contributed by atoms with Gasteiger partial charge < -0.3 is 14.8 Å². The minimum absolute atomic E-state index is 0.0437. The molecule has 1 atom stereocenters. The zero-order valence-electron chi connectivity index (χ0n) is 11.1. The first-order valence-corrected chi connectivity index (χ1v) is 5.99. The molecule has 0 bridgehead atoms. The standard InChI is InChI=1S/C13H22N2O2/c1-5-14-7-12-8-15-10(2)6-13(12)17-11(3)9-16-4/h6,8,11,14H,5,7,9H2,1-4H3. The van der Waals surface area contributed by atoms with E-state index in [1.54, 1.807) is 7.11 Å². The first kappa shape index (κ1) is 13.9. The van der Waals surface area contributed by atoms with E-state index < -0.39 is 0 Å². The van der Waals surface area contributed by atoms with Crippen LogP contribution in [0.25, 0.3) is 0 Å². The molecule has 0 fully saturated rings. The third-order valence-electron chi connectivity index (χ3n) is 2.38. The summed E-state index contributed by atoms with van der Waals surface area (Å²) in [5, 5.41) is 3.28. The predicted octanol–water partition coefficient (Wildman–Crippen LogP) is 1.91. The minimum atomic E-state index is 0.0437. The lowest BCUT2D eigenvalue weighted by Crippen LogP contribution is -2.20. The molecular weight excluding hydrogens is 216 g/mol. The highest BCUT2D eigenvalue weighted by molar-refractivity contribution is 5.33. The third kappa shape index (κ3) is 4.71. The molecule has 0 radical (unpaired) electrons. The molecule has 96 valence electrons. The fourth-order valence-corrected chi connectivity index (χ4v) is 1.55. The number of aryl methyl sites for hydroxylation is 1. The highest BCUT2D eigenvalue weighted by atomic mass is 16.5. The van der Waals surface area contributed by atoms with Crippen molar-refractivity contribution in [3.8, 4) is 5.75 Å². The first-order valence-electron chi connectivity index (χ1n) is 5.99. The highest BCUT2D eigenvalue weighted by Crippen LogP contribution is 2.20. The Labute approximate surface area is 103 Å². The molecule has 1 unspecified atom stereocenters. The van der Waals surface area contributed by atoms with Gasteiger partial charge in [-0.25, -0.2) is 0 Å². The summed E-state index contributed by atoms with van der Waals surface area (Å²) in [5.41, 5.74) is 2.05. The summed E-state index contributed by atoms with van der Waals surface area (Å²) >= 11 is 0. The molecule has 0 aliphatic heterocycles. The van der Waals surface area contributed by atoms with Crippen LogP contribution in [0.5, 0.6) is 5.75 Å². The normalized spacial score (nSPS) is 12.5. The molecule has 0 amide bonds. The van der Waals surface area contributed by atoms with Crippen LogP contribution < -0.4 is 10.1 Å². The second-order valence-corrected chi connectivity index (χ2v) is 4.10. The van der Waals surface area contributed by atoms with Crippen molar-refractivity contribution in [3.05, 3.63) is 23.5 Å². The Kier molecular flexibility index (Phi) is 5.94. The molecule has 0 saturated carbocycles. The Hall–Kier alpha value is -1.13. The van der Waals surface area contributed by atoms with Crippen LogP contribution in [0.3, 0.4) is 0 Å². The number of nitrogens with one attached hydrogen (secondary N) is 1. The monoisotopic (exact) mass is 238 g/mol. The fraction of sp³-hybridized carbons (Fsp3) is 0.615. The van der Waals surface area contributed by atoms with Gasteiger partial charge in [0.05, 0.1) is 6.61 Å². The van der Waals surface area contributed by atoms with Crippen molar-refractivity contribution < 1.29 is 9.47 Å². The van der Waals surface area contributed by atoms with E-state index in [0.717, 1.165) is 30.1 Å². The SMILES string of the molecule is CCNCc1cnc(C)cc1OC(C)COC. The Morgan fingerprint density at radius 2 is 2.24 bits per heavy atom. The van der Waals surface area contributed by atoms with Crippen LogP contribution in [-0.4, -0.2) is 31.3 Å². The van der Waals surface area contributed by atoms with Gasteiger partial charge in [0.1, 0.15) is 11.9 Å². The van der Waals surface area contributed by atoms with Crippen LogP contribution in [0.1, 0.15) is 25.1 Å². The van der Waals surface area contributed by atoms with Crippen LogP contribution in [0.4, 0.5) is 0 Å². The predicted molar refractivity (Wildman–Crippen MR) is 68.3 cm³/mol. The molecule has 1 rings (SSSR count). The van der Waals surface area contributed by atoms with Crippen LogP contribution in [0.15, 0.2) is 12.3 Å². The number of hydrogen-bond donors (Lipinski definition) is 1. The van der Waals surface area contributed by atoms with Gasteiger partial charge in [0, 0.05) is 37.2 Å². The summed E-state index contributed by atoms with van der Waals surface area (Å²) in [6.07, 6.45) is 1.91. The number of hydrogen-bond acceptors (Lipinski definition) is 4. The van der Waals surface area contributed by atoms with Gasteiger partial charge in [-0.15, -0.1) is 0 Å². The van der Waals surface area contributed by atoms with Crippen molar-refractivity contribution >= 4 is 0 Å². The summed E-state index contributed by atoms with van der Waals surface area (Å²) in [7, 11) is 1.68. The van der Waals surface area contributed by atoms with Crippen molar-refractivity contribution in [1.29, 1.82) is 0 Å². The maximum absolute atomic E-state index is 5.86. The molecule has 1 N–H and O–H groups in total. The van der Waals surface area contributed by atoms with Gasteiger partial charge in [0.2, 0.25) is 0 Å². The Balaban J connectivity index is 2.75. The smallest absolute Gasteiger partial charge is 0.127 e. The van der Waals surface area contributed by atoms with Crippen molar-refractivity contribution in [2.75, 3.05) is 20.3 Å². The summed E-state index contributed by atoms with van der Waals surface area (Å²) in [6, 6.07) is 1.97. The van der Waals surface area contributed by atoms with Crippen molar-refractivity contribution in [3.63, 3.8) is 0 Å². The molecule has 4 heteroatoms. The molecule has 1 aromatic heterocycles. The van der Waals surface area contributed by atoms with E-state index in [4.69, 9.17) is 9.47 Å². The average molecular weight is 238 g/mol. The van der Waals surface area contributed by atoms with E-state index in [-0.39, 0.29) is 6.10 Å². The van der Waals surface area contributed by atoms with Gasteiger partial charge in [-0.3, -0.25) is 4.98 Å². The lowest BCUT2D eigenvalue weighted by atomic mass is 10.2. The Bertz CT molecular complexity index is 342. The fourth-order valence-electron chi connectivity index (χ4n) is 1.55. The summed E-state index contributed by atoms with van der Waals surface area (Å²) in [6.45, 7) is 8.33. The summed E-state index contributed by atoms with van der Waals surface area (Å²) < 4.78 is 10.9. The van der Waals surface area contributed by atoms with Crippen molar-refractivity contribution in [1.82, 2.24) is 10.3 Å². The maximum atomic E-state index is 5.86. The molecule has 1 aromatic rings. The van der Waals surface area contributed by atoms with E-state index in [0.29, 0.717) is 6.61 Å². The molecule has 0 aliphatic rings. The average Bonchev–Trinajstić information content (AvgIpc) is 2.28. The van der Waals surface area contributed by atoms with Gasteiger partial charge in [-0.05, 0) is 20.4 Å². The van der Waals surface area contributed by atoms with Crippen molar-refractivity contribution in [2.45, 2.75) is 33.4 Å². The number of methoxy groups -OCH3 is 1. The van der Waals surface area contributed by atoms with Gasteiger partial charge >= 0.3 is 0 Å². The first-order chi connectivity index (χ1) is 8.17. The van der Waals surface area contributed by atoms with E-state index in [1.807, 2.05) is 26.1 Å². The molecule has 1 heterocycles. The van der Waals surface area contributed by atoms with Crippen LogP contribution in [0, 0.1) is 6.92 Å². The number of nitrogens with zero attached hydrogens (tertiary/aromatic N) is 1. The number of pyridine rings is 1. The number of aromatic nitrogens is 1. The van der Waals surface area contributed by atoms with E-state index in [2.05, 4.69) is 17.2 Å². The molecular formula is C13H22N2O2. The van der Waals surface area contributed by atoms with Crippen molar-refractivity contribution in [2.24, 2.45) is 0 Å². The van der Waals surface area contributed by atoms with E-state index >= 15 is 0 Å². The van der Waals surface area contributed by atoms with Crippen LogP contribution >= 0.6 is 0 Å². The summed E-state index contributed by atoms with van der Waals surface area (Å²) in [4.78, 5) is 4.29. The molecule has 0 aromatic carbocycles. The van der Waals surface area contributed by atoms with Gasteiger partial charge in [0.25, 0.3) is 0 Å². The molecule has 0 aliphatic carbocycles. The Morgan fingerprint density at radius 1 is 1.47 bits per heavy atom. The van der Waals surface area contributed by atoms with Crippen LogP contribution in [0.2, 0.25) is 0 Å². The highest BCUT2D eigenvalue weighted by Gasteiger charge is 2.09. The molecule has 0 saturated heterocycles. The molecule has 0 spiro atoms. The van der Waals surface area contributed by atoms with Crippen LogP contribution in [-0.2, 0) is 11.3 Å². The lowest BCUT2D eigenvalue weighted by Gasteiger charge is -2.17. The van der Waals surface area contributed by atoms with Gasteiger partial charge in [-0.1, -0.05) is 6.92 Å². The largest absolute Gasteiger partial charge is 0.488 e. The van der Waals surface area contributed by atoms with Gasteiger partial charge in [0.15, 0.2) is 0 Å². The second-order valence-electron chi connectivity index (χ2n) is 4.10. The Morgan fingerprint density at radius 3 is 2.88 bits per heavy atom. The quantitative estimate of drug-likeness (QED) is 0.788.